The smallest absolute Gasteiger partial charge is 0.0191 e. The highest BCUT2D eigenvalue weighted by molar-refractivity contribution is 8.02. The van der Waals surface area contributed by atoms with Crippen LogP contribution in [0.5, 0.6) is 0 Å². The summed E-state index contributed by atoms with van der Waals surface area (Å²) in [5.41, 5.74) is 4.32. The molecule has 3 rings (SSSR count). The van der Waals surface area contributed by atoms with Gasteiger partial charge in [-0.25, -0.2) is 0 Å². The van der Waals surface area contributed by atoms with Gasteiger partial charge in [-0.1, -0.05) is 42.1 Å². The Morgan fingerprint density at radius 3 is 3.00 bits per heavy atom. The number of rotatable bonds is 0. The summed E-state index contributed by atoms with van der Waals surface area (Å²) in [5, 5.41) is 2.19. The molecule has 15 heavy (non-hydrogen) atoms. The first-order chi connectivity index (χ1) is 7.45. The molecule has 0 aromatic heterocycles. The summed E-state index contributed by atoms with van der Waals surface area (Å²) in [6, 6.07) is 8.69. The molecule has 1 aliphatic carbocycles. The highest BCUT2D eigenvalue weighted by Crippen LogP contribution is 2.38. The molecule has 0 fully saturated rings. The van der Waals surface area contributed by atoms with E-state index >= 15 is 0 Å². The van der Waals surface area contributed by atoms with Crippen LogP contribution in [0, 0.1) is 0 Å². The van der Waals surface area contributed by atoms with Gasteiger partial charge in [-0.2, -0.15) is 0 Å². The van der Waals surface area contributed by atoms with E-state index in [9.17, 15) is 0 Å². The van der Waals surface area contributed by atoms with Gasteiger partial charge in [0.1, 0.15) is 0 Å². The van der Waals surface area contributed by atoms with Crippen molar-refractivity contribution in [2.75, 3.05) is 0 Å². The molecule has 0 amide bonds. The normalized spacial score (nSPS) is 18.4. The first kappa shape index (κ1) is 9.05. The van der Waals surface area contributed by atoms with Crippen LogP contribution >= 0.6 is 11.8 Å². The second-order valence-corrected chi connectivity index (χ2v) is 4.74. The van der Waals surface area contributed by atoms with E-state index in [2.05, 4.69) is 47.9 Å². The van der Waals surface area contributed by atoms with Gasteiger partial charge in [0, 0.05) is 4.90 Å². The number of hydrogen-bond acceptors (Lipinski definition) is 1. The van der Waals surface area contributed by atoms with E-state index in [1.807, 2.05) is 11.8 Å². The van der Waals surface area contributed by atoms with E-state index in [1.54, 1.807) is 0 Å². The van der Waals surface area contributed by atoms with Crippen LogP contribution in [0.1, 0.15) is 18.4 Å². The lowest BCUT2D eigenvalue weighted by Gasteiger charge is -2.14. The molecule has 1 aliphatic heterocycles. The third-order valence-corrected chi connectivity index (χ3v) is 3.74. The Morgan fingerprint density at radius 1 is 1.07 bits per heavy atom. The Hall–Kier alpha value is -1.21. The van der Waals surface area contributed by atoms with Crippen LogP contribution < -0.4 is 0 Å². The van der Waals surface area contributed by atoms with Gasteiger partial charge in [0.25, 0.3) is 0 Å². The third-order valence-electron chi connectivity index (χ3n) is 2.86. The number of allylic oxidation sites excluding steroid dienone is 5. The minimum absolute atomic E-state index is 1.17. The summed E-state index contributed by atoms with van der Waals surface area (Å²) >= 11 is 1.82. The van der Waals surface area contributed by atoms with Gasteiger partial charge in [-0.3, -0.25) is 0 Å². The summed E-state index contributed by atoms with van der Waals surface area (Å²) in [6.45, 7) is 0. The molecule has 0 nitrogen and oxygen atoms in total. The molecule has 1 heterocycles. The fraction of sp³-hybridized carbons (Fsp3) is 0.143. The molecular formula is C14H12S. The Labute approximate surface area is 94.4 Å². The summed E-state index contributed by atoms with van der Waals surface area (Å²) in [5.74, 6) is 0. The van der Waals surface area contributed by atoms with Crippen molar-refractivity contribution in [1.29, 1.82) is 0 Å². The van der Waals surface area contributed by atoms with Crippen molar-refractivity contribution in [3.63, 3.8) is 0 Å². The average Bonchev–Trinajstić information content (AvgIpc) is 2.48. The van der Waals surface area contributed by atoms with Crippen molar-refractivity contribution in [2.24, 2.45) is 0 Å². The lowest BCUT2D eigenvalue weighted by Crippen LogP contribution is -1.93. The molecule has 0 bridgehead atoms. The van der Waals surface area contributed by atoms with Crippen LogP contribution in [-0.4, -0.2) is 0 Å². The van der Waals surface area contributed by atoms with Crippen molar-refractivity contribution < 1.29 is 0 Å². The van der Waals surface area contributed by atoms with Gasteiger partial charge in [-0.15, -0.1) is 0 Å². The van der Waals surface area contributed by atoms with Gasteiger partial charge >= 0.3 is 0 Å². The Kier molecular flexibility index (Phi) is 2.26. The maximum atomic E-state index is 2.27. The van der Waals surface area contributed by atoms with Crippen molar-refractivity contribution in [2.45, 2.75) is 17.7 Å². The zero-order valence-corrected chi connectivity index (χ0v) is 9.26. The minimum Gasteiger partial charge on any atom is -0.0974 e. The fourth-order valence-corrected chi connectivity index (χ4v) is 2.97. The van der Waals surface area contributed by atoms with E-state index in [0.717, 1.165) is 0 Å². The highest BCUT2D eigenvalue weighted by Gasteiger charge is 2.14. The zero-order chi connectivity index (χ0) is 10.1. The van der Waals surface area contributed by atoms with Crippen LogP contribution in [0.4, 0.5) is 0 Å². The van der Waals surface area contributed by atoms with Crippen LogP contribution in [0.3, 0.4) is 0 Å². The maximum absolute atomic E-state index is 2.27. The summed E-state index contributed by atoms with van der Waals surface area (Å²) < 4.78 is 0. The molecule has 74 valence electrons. The number of thioether (sulfide) groups is 1. The molecule has 0 saturated carbocycles. The van der Waals surface area contributed by atoms with E-state index in [0.29, 0.717) is 0 Å². The van der Waals surface area contributed by atoms with Crippen molar-refractivity contribution in [3.05, 3.63) is 59.0 Å². The number of hydrogen-bond donors (Lipinski definition) is 0. The summed E-state index contributed by atoms with van der Waals surface area (Å²) in [6.07, 6.45) is 9.09. The van der Waals surface area contributed by atoms with E-state index < -0.39 is 0 Å². The van der Waals surface area contributed by atoms with Gasteiger partial charge < -0.3 is 0 Å². The molecule has 1 aromatic carbocycles. The van der Waals surface area contributed by atoms with E-state index in [-0.39, 0.29) is 0 Å². The monoisotopic (exact) mass is 212 g/mol. The molecule has 0 spiro atoms. The zero-order valence-electron chi connectivity index (χ0n) is 8.44. The van der Waals surface area contributed by atoms with Gasteiger partial charge in [0.2, 0.25) is 0 Å². The Balaban J connectivity index is 2.23. The molecule has 1 heteroatoms. The lowest BCUT2D eigenvalue weighted by molar-refractivity contribution is 1.04. The third kappa shape index (κ3) is 1.57. The van der Waals surface area contributed by atoms with E-state index in [4.69, 9.17) is 0 Å². The summed E-state index contributed by atoms with van der Waals surface area (Å²) in [4.78, 5) is 1.38. The topological polar surface area (TPSA) is 0 Å². The van der Waals surface area contributed by atoms with Crippen LogP contribution in [0.25, 0.3) is 5.57 Å². The van der Waals surface area contributed by atoms with Crippen molar-refractivity contribution in [1.82, 2.24) is 0 Å². The predicted molar refractivity (Wildman–Crippen MR) is 66.7 cm³/mol. The van der Waals surface area contributed by atoms with Crippen LogP contribution in [0.2, 0.25) is 0 Å². The molecule has 2 aliphatic rings. The first-order valence-electron chi connectivity index (χ1n) is 5.27. The second-order valence-electron chi connectivity index (χ2n) is 3.79. The number of fused-ring (bicyclic) bond motifs is 2. The standard InChI is InChI=1S/C14H12S/c1-2-6-12-11(5-1)9-10-15-14-8-4-3-7-13(12)14/h1,3-5,7-10H,2,6H2. The highest BCUT2D eigenvalue weighted by atomic mass is 32.2. The molecule has 0 saturated heterocycles. The van der Waals surface area contributed by atoms with Crippen LogP contribution in [0.15, 0.2) is 58.4 Å². The van der Waals surface area contributed by atoms with Gasteiger partial charge in [0.15, 0.2) is 0 Å². The quantitative estimate of drug-likeness (QED) is 0.614. The predicted octanol–water partition coefficient (Wildman–Crippen LogP) is 4.41. The molecule has 0 unspecified atom stereocenters. The van der Waals surface area contributed by atoms with Crippen molar-refractivity contribution in [3.8, 4) is 0 Å². The largest absolute Gasteiger partial charge is 0.0974 e. The van der Waals surface area contributed by atoms with E-state index in [1.165, 1.54) is 34.4 Å². The van der Waals surface area contributed by atoms with Gasteiger partial charge in [0.05, 0.1) is 0 Å². The van der Waals surface area contributed by atoms with Crippen LogP contribution in [-0.2, 0) is 0 Å². The lowest BCUT2D eigenvalue weighted by atomic mass is 9.92. The Morgan fingerprint density at radius 2 is 2.00 bits per heavy atom. The second kappa shape index (κ2) is 3.74. The summed E-state index contributed by atoms with van der Waals surface area (Å²) in [7, 11) is 0. The van der Waals surface area contributed by atoms with Crippen molar-refractivity contribution >= 4 is 17.3 Å². The molecule has 0 N–H and O–H groups in total. The average molecular weight is 212 g/mol. The fourth-order valence-electron chi connectivity index (χ4n) is 2.13. The maximum Gasteiger partial charge on any atom is 0.0191 e. The molecule has 1 aromatic rings. The number of benzene rings is 1. The Bertz CT molecular complexity index is 478. The first-order valence-corrected chi connectivity index (χ1v) is 6.15. The SMILES string of the molecule is C1=CC2=C(CC1)c1ccccc1SC=C2. The molecule has 0 atom stereocenters. The minimum atomic E-state index is 1.17. The van der Waals surface area contributed by atoms with Gasteiger partial charge in [-0.05, 0) is 47.1 Å². The molecular weight excluding hydrogens is 200 g/mol. The molecule has 0 radical (unpaired) electrons.